The summed E-state index contributed by atoms with van der Waals surface area (Å²) in [4.78, 5) is 14.4. The lowest BCUT2D eigenvalue weighted by Gasteiger charge is -2.32. The molecule has 0 bridgehead atoms. The predicted octanol–water partition coefficient (Wildman–Crippen LogP) is 3.71. The molecule has 0 spiro atoms. The fourth-order valence-corrected chi connectivity index (χ4v) is 3.23. The summed E-state index contributed by atoms with van der Waals surface area (Å²) in [5, 5.41) is 3.08. The zero-order chi connectivity index (χ0) is 18.5. The number of hydrogen-bond acceptors (Lipinski definition) is 3. The quantitative estimate of drug-likeness (QED) is 0.709. The third-order valence-electron chi connectivity index (χ3n) is 4.69. The van der Waals surface area contributed by atoms with Gasteiger partial charge in [0.05, 0.1) is 6.42 Å². The fraction of sp³-hybridized carbons (Fsp3) is 0.350. The van der Waals surface area contributed by atoms with Crippen LogP contribution in [-0.2, 0) is 17.8 Å². The highest BCUT2D eigenvalue weighted by atomic mass is 35.5. The van der Waals surface area contributed by atoms with E-state index in [0.29, 0.717) is 18.7 Å². The monoisotopic (exact) mass is 431 g/mol. The molecule has 4 nitrogen and oxygen atoms in total. The second kappa shape index (κ2) is 11.2. The van der Waals surface area contributed by atoms with E-state index in [-0.39, 0.29) is 36.8 Å². The van der Waals surface area contributed by atoms with Gasteiger partial charge >= 0.3 is 0 Å². The van der Waals surface area contributed by atoms with Crippen molar-refractivity contribution in [3.05, 3.63) is 65.2 Å². The Morgan fingerprint density at radius 3 is 2.21 bits per heavy atom. The molecule has 1 aliphatic rings. The Labute approximate surface area is 176 Å². The van der Waals surface area contributed by atoms with E-state index in [1.807, 2.05) is 12.1 Å². The first-order chi connectivity index (χ1) is 12.5. The van der Waals surface area contributed by atoms with Crippen molar-refractivity contribution in [1.82, 2.24) is 10.2 Å². The molecule has 1 saturated heterocycles. The number of hydrogen-bond donors (Lipinski definition) is 2. The summed E-state index contributed by atoms with van der Waals surface area (Å²) in [7, 11) is 0. The van der Waals surface area contributed by atoms with Gasteiger partial charge in [0.2, 0.25) is 5.91 Å². The highest BCUT2D eigenvalue weighted by Crippen LogP contribution is 2.16. The zero-order valence-electron chi connectivity index (χ0n) is 15.4. The van der Waals surface area contributed by atoms with Crippen molar-refractivity contribution < 1.29 is 13.6 Å². The number of rotatable bonds is 5. The molecule has 3 N–H and O–H groups in total. The van der Waals surface area contributed by atoms with Gasteiger partial charge in [0.1, 0.15) is 0 Å². The van der Waals surface area contributed by atoms with E-state index >= 15 is 0 Å². The Bertz CT molecular complexity index is 767. The summed E-state index contributed by atoms with van der Waals surface area (Å²) >= 11 is 0. The van der Waals surface area contributed by atoms with Gasteiger partial charge in [0.15, 0.2) is 11.6 Å². The summed E-state index contributed by atoms with van der Waals surface area (Å²) in [5.41, 5.74) is 8.03. The smallest absolute Gasteiger partial charge is 0.224 e. The number of likely N-dealkylation sites (tertiary alicyclic amines) is 1. The summed E-state index contributed by atoms with van der Waals surface area (Å²) in [6.07, 6.45) is 2.03. The molecule has 0 aromatic heterocycles. The van der Waals surface area contributed by atoms with Crippen LogP contribution in [-0.4, -0.2) is 29.9 Å². The molecule has 0 aliphatic carbocycles. The third-order valence-corrected chi connectivity index (χ3v) is 4.69. The van der Waals surface area contributed by atoms with Gasteiger partial charge in [-0.1, -0.05) is 18.2 Å². The summed E-state index contributed by atoms with van der Waals surface area (Å²) in [5.74, 6) is -1.63. The number of amides is 1. The maximum Gasteiger partial charge on any atom is 0.224 e. The Balaban J connectivity index is 0.00000196. The van der Waals surface area contributed by atoms with Gasteiger partial charge < -0.3 is 11.1 Å². The second-order valence-corrected chi connectivity index (χ2v) is 6.78. The summed E-state index contributed by atoms with van der Waals surface area (Å²) < 4.78 is 26.3. The van der Waals surface area contributed by atoms with E-state index in [9.17, 15) is 13.6 Å². The van der Waals surface area contributed by atoms with Gasteiger partial charge in [-0.05, 0) is 48.2 Å². The molecule has 28 heavy (non-hydrogen) atoms. The van der Waals surface area contributed by atoms with E-state index in [4.69, 9.17) is 5.73 Å². The Morgan fingerprint density at radius 1 is 1.00 bits per heavy atom. The molecule has 0 radical (unpaired) electrons. The molecule has 154 valence electrons. The van der Waals surface area contributed by atoms with Crippen LogP contribution in [0.3, 0.4) is 0 Å². The highest BCUT2D eigenvalue weighted by molar-refractivity contribution is 5.85. The normalized spacial score (nSPS) is 14.6. The number of piperidine rings is 1. The van der Waals surface area contributed by atoms with Crippen molar-refractivity contribution in [2.24, 2.45) is 0 Å². The number of nitrogens with one attached hydrogen (secondary N) is 1. The van der Waals surface area contributed by atoms with Crippen molar-refractivity contribution in [2.75, 3.05) is 18.8 Å². The minimum absolute atomic E-state index is 0. The Kier molecular flexibility index (Phi) is 9.65. The third kappa shape index (κ3) is 6.93. The number of nitrogens with zero attached hydrogens (tertiary/aromatic N) is 1. The number of carbonyl (C=O) groups excluding carboxylic acids is 1. The molecule has 8 heteroatoms. The second-order valence-electron chi connectivity index (χ2n) is 6.78. The van der Waals surface area contributed by atoms with E-state index in [1.54, 1.807) is 18.2 Å². The average molecular weight is 432 g/mol. The number of nitrogens with two attached hydrogens (primary N) is 1. The average Bonchev–Trinajstić information content (AvgIpc) is 2.62. The van der Waals surface area contributed by atoms with Gasteiger partial charge in [0, 0.05) is 31.4 Å². The topological polar surface area (TPSA) is 58.4 Å². The van der Waals surface area contributed by atoms with Gasteiger partial charge in [-0.2, -0.15) is 0 Å². The lowest BCUT2D eigenvalue weighted by molar-refractivity contribution is -0.121. The van der Waals surface area contributed by atoms with Crippen LogP contribution in [0.5, 0.6) is 0 Å². The van der Waals surface area contributed by atoms with E-state index in [1.165, 1.54) is 6.07 Å². The van der Waals surface area contributed by atoms with Gasteiger partial charge in [-0.15, -0.1) is 24.8 Å². The molecule has 1 fully saturated rings. The molecular weight excluding hydrogens is 407 g/mol. The van der Waals surface area contributed by atoms with Gasteiger partial charge in [-0.3, -0.25) is 9.69 Å². The highest BCUT2D eigenvalue weighted by Gasteiger charge is 2.21. The van der Waals surface area contributed by atoms with Crippen LogP contribution in [0.25, 0.3) is 0 Å². The molecule has 3 rings (SSSR count). The van der Waals surface area contributed by atoms with Crippen LogP contribution in [0, 0.1) is 11.6 Å². The number of carbonyl (C=O) groups is 1. The molecular formula is C20H25Cl2F2N3O. The lowest BCUT2D eigenvalue weighted by atomic mass is 10.0. The maximum absolute atomic E-state index is 13.3. The van der Waals surface area contributed by atoms with Gasteiger partial charge in [-0.25, -0.2) is 8.78 Å². The first-order valence-corrected chi connectivity index (χ1v) is 8.79. The molecule has 0 saturated carbocycles. The number of nitrogen functional groups attached to an aromatic ring is 1. The SMILES string of the molecule is Cl.Cl.Nc1ccc(CC(=O)NC2CCN(Cc3ccc(F)c(F)c3)CC2)cc1. The van der Waals surface area contributed by atoms with Crippen LogP contribution >= 0.6 is 24.8 Å². The van der Waals surface area contributed by atoms with Crippen molar-refractivity contribution in [3.63, 3.8) is 0 Å². The molecule has 2 aromatic rings. The first-order valence-electron chi connectivity index (χ1n) is 8.79. The predicted molar refractivity (Wildman–Crippen MR) is 112 cm³/mol. The standard InChI is InChI=1S/C20H23F2N3O.2ClH/c21-18-6-3-15(11-19(18)22)13-25-9-7-17(8-10-25)24-20(26)12-14-1-4-16(23)5-2-14;;/h1-6,11,17H,7-10,12-13,23H2,(H,24,26);2*1H. The lowest BCUT2D eigenvalue weighted by Crippen LogP contribution is -2.44. The van der Waals surface area contributed by atoms with Gasteiger partial charge in [0.25, 0.3) is 0 Å². The maximum atomic E-state index is 13.3. The van der Waals surface area contributed by atoms with Crippen molar-refractivity contribution in [2.45, 2.75) is 31.8 Å². The minimum Gasteiger partial charge on any atom is -0.399 e. The molecule has 1 aliphatic heterocycles. The molecule has 1 heterocycles. The van der Waals surface area contributed by atoms with Crippen molar-refractivity contribution in [3.8, 4) is 0 Å². The number of benzene rings is 2. The summed E-state index contributed by atoms with van der Waals surface area (Å²) in [6.45, 7) is 2.21. The molecule has 0 atom stereocenters. The van der Waals surface area contributed by atoms with Crippen molar-refractivity contribution in [1.29, 1.82) is 0 Å². The largest absolute Gasteiger partial charge is 0.399 e. The van der Waals surface area contributed by atoms with Crippen LogP contribution < -0.4 is 11.1 Å². The van der Waals surface area contributed by atoms with E-state index in [2.05, 4.69) is 10.2 Å². The van der Waals surface area contributed by atoms with Crippen LogP contribution in [0.1, 0.15) is 24.0 Å². The number of halogens is 4. The first kappa shape index (κ1) is 24.1. The van der Waals surface area contributed by atoms with Crippen molar-refractivity contribution >= 4 is 36.4 Å². The summed E-state index contributed by atoms with van der Waals surface area (Å²) in [6, 6.07) is 11.5. The fourth-order valence-electron chi connectivity index (χ4n) is 3.23. The zero-order valence-corrected chi connectivity index (χ0v) is 17.0. The Morgan fingerprint density at radius 2 is 1.61 bits per heavy atom. The molecule has 0 unspecified atom stereocenters. The van der Waals surface area contributed by atoms with Crippen LogP contribution in [0.2, 0.25) is 0 Å². The van der Waals surface area contributed by atoms with E-state index in [0.717, 1.165) is 43.1 Å². The number of anilines is 1. The van der Waals surface area contributed by atoms with Crippen LogP contribution in [0.15, 0.2) is 42.5 Å². The molecule has 2 aromatic carbocycles. The molecule has 1 amide bonds. The minimum atomic E-state index is -0.823. The Hall–Kier alpha value is -1.89. The van der Waals surface area contributed by atoms with E-state index < -0.39 is 11.6 Å². The van der Waals surface area contributed by atoms with Crippen LogP contribution in [0.4, 0.5) is 14.5 Å².